The van der Waals surface area contributed by atoms with Crippen molar-refractivity contribution in [1.29, 1.82) is 0 Å². The number of nitrogens with zero attached hydrogens (tertiary/aromatic N) is 1. The molecule has 0 bridgehead atoms. The van der Waals surface area contributed by atoms with Crippen molar-refractivity contribution in [2.45, 2.75) is 6.54 Å². The molecule has 0 spiro atoms. The minimum absolute atomic E-state index is 0.171. The second-order valence-electron chi connectivity index (χ2n) is 4.33. The van der Waals surface area contributed by atoms with E-state index >= 15 is 0 Å². The van der Waals surface area contributed by atoms with Crippen LogP contribution in [0.25, 0.3) is 0 Å². The Bertz CT molecular complexity index is 624. The highest BCUT2D eigenvalue weighted by molar-refractivity contribution is 5.85. The molecule has 1 heterocycles. The number of urea groups is 1. The van der Waals surface area contributed by atoms with Crippen LogP contribution in [0.2, 0.25) is 0 Å². The standard InChI is InChI=1S/C15H16N4O3/c20-14(19-18-10-13-7-4-8-22-13)11-17-15(21)16-9-12-5-2-1-3-6-12/h1-8,10H,9,11H2,(H,19,20)(H2,16,17,21)/b18-10-. The number of hydrogen-bond acceptors (Lipinski definition) is 4. The molecule has 3 N–H and O–H groups in total. The van der Waals surface area contributed by atoms with Gasteiger partial charge in [0.25, 0.3) is 5.91 Å². The molecule has 114 valence electrons. The third kappa shape index (κ3) is 5.49. The van der Waals surface area contributed by atoms with Gasteiger partial charge in [-0.25, -0.2) is 10.2 Å². The van der Waals surface area contributed by atoms with Crippen molar-refractivity contribution in [3.63, 3.8) is 0 Å². The monoisotopic (exact) mass is 300 g/mol. The third-order valence-corrected chi connectivity index (χ3v) is 2.63. The van der Waals surface area contributed by atoms with Crippen LogP contribution in [0.1, 0.15) is 11.3 Å². The highest BCUT2D eigenvalue weighted by atomic mass is 16.3. The Labute approximate surface area is 127 Å². The maximum Gasteiger partial charge on any atom is 0.315 e. The highest BCUT2D eigenvalue weighted by Crippen LogP contribution is 1.96. The number of hydrazone groups is 1. The fourth-order valence-electron chi connectivity index (χ4n) is 1.57. The predicted octanol–water partition coefficient (Wildman–Crippen LogP) is 1.23. The molecule has 0 atom stereocenters. The highest BCUT2D eigenvalue weighted by Gasteiger charge is 2.04. The van der Waals surface area contributed by atoms with Crippen molar-refractivity contribution < 1.29 is 14.0 Å². The molecular weight excluding hydrogens is 284 g/mol. The second-order valence-corrected chi connectivity index (χ2v) is 4.33. The molecule has 0 saturated carbocycles. The lowest BCUT2D eigenvalue weighted by Gasteiger charge is -2.06. The van der Waals surface area contributed by atoms with Crippen molar-refractivity contribution in [3.8, 4) is 0 Å². The first-order valence-corrected chi connectivity index (χ1v) is 6.65. The molecule has 7 heteroatoms. The Hall–Kier alpha value is -3.09. The lowest BCUT2D eigenvalue weighted by atomic mass is 10.2. The Balaban J connectivity index is 1.62. The van der Waals surface area contributed by atoms with E-state index in [-0.39, 0.29) is 6.54 Å². The van der Waals surface area contributed by atoms with Crippen molar-refractivity contribution >= 4 is 18.2 Å². The number of carbonyl (C=O) groups is 2. The average Bonchev–Trinajstić information content (AvgIpc) is 3.05. The molecule has 3 amide bonds. The van der Waals surface area contributed by atoms with Crippen LogP contribution < -0.4 is 16.1 Å². The summed E-state index contributed by atoms with van der Waals surface area (Å²) in [6.45, 7) is 0.223. The summed E-state index contributed by atoms with van der Waals surface area (Å²) in [7, 11) is 0. The van der Waals surface area contributed by atoms with Gasteiger partial charge in [-0.3, -0.25) is 4.79 Å². The van der Waals surface area contributed by atoms with Crippen LogP contribution in [0.4, 0.5) is 4.79 Å². The first-order valence-electron chi connectivity index (χ1n) is 6.65. The molecular formula is C15H16N4O3. The molecule has 2 aromatic rings. The zero-order chi connectivity index (χ0) is 15.6. The average molecular weight is 300 g/mol. The number of benzene rings is 1. The number of hydrogen-bond donors (Lipinski definition) is 3. The quantitative estimate of drug-likeness (QED) is 0.553. The summed E-state index contributed by atoms with van der Waals surface area (Å²) in [4.78, 5) is 23.0. The number of nitrogens with one attached hydrogen (secondary N) is 3. The van der Waals surface area contributed by atoms with Crippen LogP contribution in [0.3, 0.4) is 0 Å². The summed E-state index contributed by atoms with van der Waals surface area (Å²) in [6, 6.07) is 12.5. The number of rotatable bonds is 6. The Kier molecular flexibility index (Phi) is 5.74. The number of carbonyl (C=O) groups excluding carboxylic acids is 2. The molecule has 0 fully saturated rings. The SMILES string of the molecule is O=C(CNC(=O)NCc1ccccc1)N/N=C\c1ccco1. The summed E-state index contributed by atoms with van der Waals surface area (Å²) in [5.41, 5.74) is 3.26. The molecule has 0 unspecified atom stereocenters. The van der Waals surface area contributed by atoms with Crippen LogP contribution in [0, 0.1) is 0 Å². The largest absolute Gasteiger partial charge is 0.463 e. The summed E-state index contributed by atoms with van der Waals surface area (Å²) in [6.07, 6.45) is 2.87. The molecule has 2 rings (SSSR count). The molecule has 22 heavy (non-hydrogen) atoms. The molecule has 0 aliphatic rings. The van der Waals surface area contributed by atoms with Crippen LogP contribution in [0.5, 0.6) is 0 Å². The van der Waals surface area contributed by atoms with Gasteiger partial charge in [0.1, 0.15) is 12.3 Å². The van der Waals surface area contributed by atoms with E-state index in [4.69, 9.17) is 4.42 Å². The van der Waals surface area contributed by atoms with Crippen LogP contribution >= 0.6 is 0 Å². The van der Waals surface area contributed by atoms with Gasteiger partial charge in [-0.1, -0.05) is 30.3 Å². The van der Waals surface area contributed by atoms with E-state index in [9.17, 15) is 9.59 Å². The van der Waals surface area contributed by atoms with Gasteiger partial charge in [0.15, 0.2) is 0 Å². The zero-order valence-corrected chi connectivity index (χ0v) is 11.8. The van der Waals surface area contributed by atoms with E-state index in [1.165, 1.54) is 12.5 Å². The summed E-state index contributed by atoms with van der Waals surface area (Å²) in [5.74, 6) is 0.0894. The van der Waals surface area contributed by atoms with Crippen molar-refractivity contribution in [1.82, 2.24) is 16.1 Å². The first-order chi connectivity index (χ1) is 10.7. The maximum atomic E-state index is 11.5. The van der Waals surface area contributed by atoms with Crippen molar-refractivity contribution in [2.24, 2.45) is 5.10 Å². The molecule has 7 nitrogen and oxygen atoms in total. The second kappa shape index (κ2) is 8.25. The minimum Gasteiger partial charge on any atom is -0.463 e. The lowest BCUT2D eigenvalue weighted by Crippen LogP contribution is -2.40. The summed E-state index contributed by atoms with van der Waals surface area (Å²) < 4.78 is 5.01. The van der Waals surface area contributed by atoms with E-state index in [0.29, 0.717) is 12.3 Å². The Morgan fingerprint density at radius 2 is 1.91 bits per heavy atom. The Morgan fingerprint density at radius 1 is 1.09 bits per heavy atom. The van der Waals surface area contributed by atoms with Gasteiger partial charge in [0.2, 0.25) is 0 Å². The zero-order valence-electron chi connectivity index (χ0n) is 11.8. The van der Waals surface area contributed by atoms with Gasteiger partial charge in [0.05, 0.1) is 12.5 Å². The molecule has 1 aromatic carbocycles. The maximum absolute atomic E-state index is 11.5. The van der Waals surface area contributed by atoms with Gasteiger partial charge in [-0.2, -0.15) is 5.10 Å². The normalized spacial score (nSPS) is 10.4. The molecule has 0 aliphatic heterocycles. The van der Waals surface area contributed by atoms with Gasteiger partial charge in [-0.05, 0) is 17.7 Å². The molecule has 0 radical (unpaired) electrons. The molecule has 1 aromatic heterocycles. The fraction of sp³-hybridized carbons (Fsp3) is 0.133. The van der Waals surface area contributed by atoms with Crippen molar-refractivity contribution in [2.75, 3.05) is 6.54 Å². The first kappa shape index (κ1) is 15.3. The van der Waals surface area contributed by atoms with Crippen molar-refractivity contribution in [3.05, 3.63) is 60.1 Å². The van der Waals surface area contributed by atoms with Crippen LogP contribution in [-0.4, -0.2) is 24.7 Å². The van der Waals surface area contributed by atoms with E-state index in [1.807, 2.05) is 30.3 Å². The smallest absolute Gasteiger partial charge is 0.315 e. The van der Waals surface area contributed by atoms with E-state index in [2.05, 4.69) is 21.2 Å². The number of amides is 3. The fourth-order valence-corrected chi connectivity index (χ4v) is 1.57. The lowest BCUT2D eigenvalue weighted by molar-refractivity contribution is -0.120. The van der Waals surface area contributed by atoms with Gasteiger partial charge in [0, 0.05) is 6.54 Å². The van der Waals surface area contributed by atoms with Crippen LogP contribution in [-0.2, 0) is 11.3 Å². The van der Waals surface area contributed by atoms with E-state index in [1.54, 1.807) is 12.1 Å². The predicted molar refractivity (Wildman–Crippen MR) is 81.1 cm³/mol. The number of furan rings is 1. The van der Waals surface area contributed by atoms with Crippen LogP contribution in [0.15, 0.2) is 58.2 Å². The van der Waals surface area contributed by atoms with Gasteiger partial charge in [-0.15, -0.1) is 0 Å². The van der Waals surface area contributed by atoms with E-state index in [0.717, 1.165) is 5.56 Å². The molecule has 0 saturated heterocycles. The van der Waals surface area contributed by atoms with Gasteiger partial charge >= 0.3 is 6.03 Å². The molecule has 0 aliphatic carbocycles. The van der Waals surface area contributed by atoms with E-state index < -0.39 is 11.9 Å². The van der Waals surface area contributed by atoms with Gasteiger partial charge < -0.3 is 15.1 Å². The summed E-state index contributed by atoms with van der Waals surface area (Å²) >= 11 is 0. The topological polar surface area (TPSA) is 95.7 Å². The Morgan fingerprint density at radius 3 is 2.64 bits per heavy atom. The minimum atomic E-state index is -0.433. The summed E-state index contributed by atoms with van der Waals surface area (Å²) in [5, 5.41) is 8.78. The third-order valence-electron chi connectivity index (χ3n) is 2.63.